The van der Waals surface area contributed by atoms with Crippen LogP contribution in [0, 0.1) is 11.3 Å². The maximum Gasteiger partial charge on any atom is 0.274 e. The van der Waals surface area contributed by atoms with Crippen LogP contribution >= 0.6 is 0 Å². The lowest BCUT2D eigenvalue weighted by Crippen LogP contribution is -2.41. The molecule has 0 unspecified atom stereocenters. The highest BCUT2D eigenvalue weighted by Gasteiger charge is 2.48. The predicted octanol–water partition coefficient (Wildman–Crippen LogP) is 2.31. The number of aryl methyl sites for hydroxylation is 1. The van der Waals surface area contributed by atoms with E-state index in [2.05, 4.69) is 4.90 Å². The second-order valence-electron chi connectivity index (χ2n) is 7.68. The van der Waals surface area contributed by atoms with E-state index in [1.54, 1.807) is 11.5 Å². The molecular formula is C19H24N2O3. The van der Waals surface area contributed by atoms with Crippen molar-refractivity contribution in [1.29, 1.82) is 0 Å². The highest BCUT2D eigenvalue weighted by Crippen LogP contribution is 2.44. The van der Waals surface area contributed by atoms with Gasteiger partial charge in [0.15, 0.2) is 0 Å². The van der Waals surface area contributed by atoms with E-state index in [4.69, 9.17) is 5.21 Å². The molecular weight excluding hydrogens is 304 g/mol. The van der Waals surface area contributed by atoms with Crippen LogP contribution in [0.5, 0.6) is 0 Å². The Morgan fingerprint density at radius 1 is 1.29 bits per heavy atom. The molecule has 1 atom stereocenters. The molecule has 1 aromatic carbocycles. The number of carbonyl (C=O) groups excluding carboxylic acids is 2. The molecule has 1 saturated heterocycles. The first-order valence-corrected chi connectivity index (χ1v) is 8.97. The summed E-state index contributed by atoms with van der Waals surface area (Å²) in [6, 6.07) is 5.52. The number of nitrogens with one attached hydrogen (secondary N) is 1. The maximum absolute atomic E-state index is 13.0. The van der Waals surface area contributed by atoms with Gasteiger partial charge in [-0.25, -0.2) is 5.48 Å². The van der Waals surface area contributed by atoms with Crippen molar-refractivity contribution in [2.45, 2.75) is 44.9 Å². The van der Waals surface area contributed by atoms with E-state index in [1.165, 1.54) is 24.8 Å². The Balaban J connectivity index is 1.51. The first-order chi connectivity index (χ1) is 11.6. The molecule has 3 aliphatic rings. The van der Waals surface area contributed by atoms with Crippen LogP contribution in [0.15, 0.2) is 18.2 Å². The van der Waals surface area contributed by atoms with Gasteiger partial charge in [-0.15, -0.1) is 0 Å². The third-order valence-corrected chi connectivity index (χ3v) is 6.28. The van der Waals surface area contributed by atoms with Crippen molar-refractivity contribution in [1.82, 2.24) is 10.4 Å². The topological polar surface area (TPSA) is 69.6 Å². The number of hydrogen-bond acceptors (Lipinski definition) is 3. The molecule has 1 heterocycles. The highest BCUT2D eigenvalue weighted by molar-refractivity contribution is 5.93. The number of hydroxylamine groups is 1. The molecule has 2 amide bonds. The van der Waals surface area contributed by atoms with Gasteiger partial charge in [0.2, 0.25) is 5.91 Å². The van der Waals surface area contributed by atoms with Gasteiger partial charge < -0.3 is 4.90 Å². The summed E-state index contributed by atoms with van der Waals surface area (Å²) in [7, 11) is 0. The average Bonchev–Trinajstić information content (AvgIpc) is 2.86. The quantitative estimate of drug-likeness (QED) is 0.661. The number of fused-ring (bicyclic) bond motifs is 1. The van der Waals surface area contributed by atoms with Crippen LogP contribution in [0.25, 0.3) is 0 Å². The Morgan fingerprint density at radius 3 is 2.83 bits per heavy atom. The second-order valence-corrected chi connectivity index (χ2v) is 7.68. The summed E-state index contributed by atoms with van der Waals surface area (Å²) in [4.78, 5) is 26.7. The van der Waals surface area contributed by atoms with Crippen molar-refractivity contribution in [3.8, 4) is 0 Å². The lowest BCUT2D eigenvalue weighted by Gasteiger charge is -2.35. The highest BCUT2D eigenvalue weighted by atomic mass is 16.5. The molecule has 0 bridgehead atoms. The van der Waals surface area contributed by atoms with Crippen molar-refractivity contribution in [3.05, 3.63) is 34.9 Å². The largest absolute Gasteiger partial charge is 0.342 e. The summed E-state index contributed by atoms with van der Waals surface area (Å²) >= 11 is 0. The molecule has 24 heavy (non-hydrogen) atoms. The fourth-order valence-electron chi connectivity index (χ4n) is 4.51. The summed E-state index contributed by atoms with van der Waals surface area (Å²) in [5, 5.41) is 8.77. The van der Waals surface area contributed by atoms with Gasteiger partial charge >= 0.3 is 0 Å². The Hall–Kier alpha value is -1.88. The molecule has 5 heteroatoms. The van der Waals surface area contributed by atoms with E-state index < -0.39 is 5.91 Å². The molecule has 128 valence electrons. The summed E-state index contributed by atoms with van der Waals surface area (Å²) in [6.45, 7) is 1.85. The number of hydrogen-bond donors (Lipinski definition) is 2. The van der Waals surface area contributed by atoms with E-state index in [0.717, 1.165) is 50.3 Å². The van der Waals surface area contributed by atoms with Crippen molar-refractivity contribution >= 4 is 11.8 Å². The summed E-state index contributed by atoms with van der Waals surface area (Å²) in [5.74, 6) is 0.582. The smallest absolute Gasteiger partial charge is 0.274 e. The second kappa shape index (κ2) is 5.88. The van der Waals surface area contributed by atoms with Crippen LogP contribution in [0.1, 0.15) is 53.6 Å². The van der Waals surface area contributed by atoms with Crippen LogP contribution in [0.3, 0.4) is 0 Å². The number of amides is 2. The fraction of sp³-hybridized carbons (Fsp3) is 0.579. The van der Waals surface area contributed by atoms with Gasteiger partial charge in [0.1, 0.15) is 0 Å². The molecule has 1 spiro atoms. The summed E-state index contributed by atoms with van der Waals surface area (Å²) in [6.07, 6.45) is 7.29. The molecule has 1 aliphatic heterocycles. The van der Waals surface area contributed by atoms with E-state index in [-0.39, 0.29) is 5.41 Å². The predicted molar refractivity (Wildman–Crippen MR) is 88.7 cm³/mol. The van der Waals surface area contributed by atoms with Gasteiger partial charge in [0, 0.05) is 18.7 Å². The van der Waals surface area contributed by atoms with Crippen molar-refractivity contribution in [2.75, 3.05) is 13.1 Å². The molecule has 0 radical (unpaired) electrons. The van der Waals surface area contributed by atoms with Gasteiger partial charge in [-0.05, 0) is 67.7 Å². The lowest BCUT2D eigenvalue weighted by molar-refractivity contribution is -0.137. The fourth-order valence-corrected chi connectivity index (χ4v) is 4.51. The number of rotatable bonds is 3. The summed E-state index contributed by atoms with van der Waals surface area (Å²) in [5.41, 5.74) is 4.23. The van der Waals surface area contributed by atoms with Crippen molar-refractivity contribution in [2.24, 2.45) is 11.3 Å². The monoisotopic (exact) mass is 328 g/mol. The van der Waals surface area contributed by atoms with Crippen LogP contribution in [-0.4, -0.2) is 35.0 Å². The molecule has 5 nitrogen and oxygen atoms in total. The summed E-state index contributed by atoms with van der Waals surface area (Å²) < 4.78 is 0. The average molecular weight is 328 g/mol. The van der Waals surface area contributed by atoms with E-state index in [0.29, 0.717) is 11.5 Å². The Kier molecular flexibility index (Phi) is 3.83. The third kappa shape index (κ3) is 2.51. The van der Waals surface area contributed by atoms with E-state index in [9.17, 15) is 9.59 Å². The van der Waals surface area contributed by atoms with Gasteiger partial charge in [0.25, 0.3) is 5.91 Å². The Bertz CT molecular complexity index is 683. The molecule has 2 N–H and O–H groups in total. The minimum Gasteiger partial charge on any atom is -0.342 e. The number of likely N-dealkylation sites (tertiary alicyclic amines) is 1. The SMILES string of the molecule is O=C(NO)c1ccc2c(c1)CC[C@]1(CCN(CC3CCC3)C1=O)C2. The zero-order valence-electron chi connectivity index (χ0n) is 13.9. The van der Waals surface area contributed by atoms with E-state index >= 15 is 0 Å². The zero-order valence-corrected chi connectivity index (χ0v) is 13.9. The molecule has 1 aromatic rings. The molecule has 2 fully saturated rings. The van der Waals surface area contributed by atoms with Gasteiger partial charge in [-0.2, -0.15) is 0 Å². The van der Waals surface area contributed by atoms with Gasteiger partial charge in [0.05, 0.1) is 5.41 Å². The molecule has 1 saturated carbocycles. The van der Waals surface area contributed by atoms with Gasteiger partial charge in [-0.3, -0.25) is 14.8 Å². The van der Waals surface area contributed by atoms with Gasteiger partial charge in [-0.1, -0.05) is 12.5 Å². The zero-order chi connectivity index (χ0) is 16.7. The Labute approximate surface area is 142 Å². The molecule has 0 aromatic heterocycles. The first kappa shape index (κ1) is 15.6. The molecule has 2 aliphatic carbocycles. The van der Waals surface area contributed by atoms with Crippen molar-refractivity contribution < 1.29 is 14.8 Å². The van der Waals surface area contributed by atoms with Crippen LogP contribution in [-0.2, 0) is 17.6 Å². The van der Waals surface area contributed by atoms with E-state index in [1.807, 2.05) is 12.1 Å². The Morgan fingerprint density at radius 2 is 2.12 bits per heavy atom. The van der Waals surface area contributed by atoms with Crippen molar-refractivity contribution in [3.63, 3.8) is 0 Å². The standard InChI is InChI=1S/C19H24N2O3/c22-17(20-24)15-4-5-16-11-19(7-6-14(16)10-15)8-9-21(18(19)23)12-13-2-1-3-13/h4-5,10,13,24H,1-3,6-9,11-12H2,(H,20,22)/t19-/m0/s1. The van der Waals surface area contributed by atoms with Crippen LogP contribution in [0.2, 0.25) is 0 Å². The normalized spacial score (nSPS) is 26.4. The lowest BCUT2D eigenvalue weighted by atomic mass is 9.70. The number of carbonyl (C=O) groups is 2. The maximum atomic E-state index is 13.0. The minimum absolute atomic E-state index is 0.225. The number of benzene rings is 1. The first-order valence-electron chi connectivity index (χ1n) is 8.97. The van der Waals surface area contributed by atoms with Crippen LogP contribution < -0.4 is 5.48 Å². The number of nitrogens with zero attached hydrogens (tertiary/aromatic N) is 1. The minimum atomic E-state index is -0.485. The molecule has 4 rings (SSSR count). The third-order valence-electron chi connectivity index (χ3n) is 6.28. The van der Waals surface area contributed by atoms with Crippen LogP contribution in [0.4, 0.5) is 0 Å².